The average molecular weight is 386 g/mol. The molecule has 0 radical (unpaired) electrons. The monoisotopic (exact) mass is 386 g/mol. The number of benzene rings is 1. The number of amides is 1. The molecular formula is C16H16F2N2O5S. The Bertz CT molecular complexity index is 838. The van der Waals surface area contributed by atoms with Crippen LogP contribution in [0, 0.1) is 13.8 Å². The molecule has 0 aliphatic heterocycles. The molecular weight excluding hydrogens is 370 g/mol. The first-order chi connectivity index (χ1) is 12.3. The molecule has 0 atom stereocenters. The Kier molecular flexibility index (Phi) is 6.09. The summed E-state index contributed by atoms with van der Waals surface area (Å²) in [7, 11) is 2.39. The van der Waals surface area contributed by atoms with Gasteiger partial charge in [-0.2, -0.15) is 8.78 Å². The average Bonchev–Trinajstić information content (AvgIpc) is 2.92. The molecule has 1 aromatic heterocycles. The first-order valence-corrected chi connectivity index (χ1v) is 8.09. The SMILES string of the molecule is COC(=O)c1cc(OC)c(OC(F)F)cc1NC(=O)c1sc(C)nc1C. The number of carbonyl (C=O) groups is 2. The summed E-state index contributed by atoms with van der Waals surface area (Å²) >= 11 is 1.17. The van der Waals surface area contributed by atoms with Crippen molar-refractivity contribution in [3.05, 3.63) is 33.3 Å². The van der Waals surface area contributed by atoms with E-state index in [9.17, 15) is 18.4 Å². The molecule has 0 saturated carbocycles. The minimum atomic E-state index is -3.11. The van der Waals surface area contributed by atoms with Crippen LogP contribution < -0.4 is 14.8 Å². The molecule has 0 saturated heterocycles. The summed E-state index contributed by atoms with van der Waals surface area (Å²) < 4.78 is 39.2. The van der Waals surface area contributed by atoms with Gasteiger partial charge in [0.25, 0.3) is 5.91 Å². The zero-order chi connectivity index (χ0) is 19.4. The van der Waals surface area contributed by atoms with Crippen LogP contribution in [0.15, 0.2) is 12.1 Å². The number of hydrogen-bond acceptors (Lipinski definition) is 7. The Morgan fingerprint density at radius 2 is 1.88 bits per heavy atom. The molecule has 1 aromatic carbocycles. The molecule has 0 unspecified atom stereocenters. The van der Waals surface area contributed by atoms with Crippen molar-refractivity contribution in [3.8, 4) is 11.5 Å². The number of methoxy groups -OCH3 is 2. The fourth-order valence-electron chi connectivity index (χ4n) is 2.21. The van der Waals surface area contributed by atoms with Gasteiger partial charge in [0.2, 0.25) is 0 Å². The van der Waals surface area contributed by atoms with Crippen molar-refractivity contribution in [2.24, 2.45) is 0 Å². The summed E-state index contributed by atoms with van der Waals surface area (Å²) in [6, 6.07) is 2.24. The number of hydrogen-bond donors (Lipinski definition) is 1. The van der Waals surface area contributed by atoms with Crippen LogP contribution in [-0.4, -0.2) is 37.7 Å². The van der Waals surface area contributed by atoms with Crippen molar-refractivity contribution in [2.75, 3.05) is 19.5 Å². The largest absolute Gasteiger partial charge is 0.493 e. The Balaban J connectivity index is 2.48. The van der Waals surface area contributed by atoms with Gasteiger partial charge in [-0.05, 0) is 13.8 Å². The van der Waals surface area contributed by atoms with E-state index in [0.717, 1.165) is 19.2 Å². The van der Waals surface area contributed by atoms with Crippen LogP contribution in [0.3, 0.4) is 0 Å². The molecule has 2 aromatic rings. The lowest BCUT2D eigenvalue weighted by atomic mass is 10.1. The van der Waals surface area contributed by atoms with Gasteiger partial charge >= 0.3 is 12.6 Å². The van der Waals surface area contributed by atoms with E-state index in [-0.39, 0.29) is 22.7 Å². The maximum absolute atomic E-state index is 12.6. The van der Waals surface area contributed by atoms with E-state index in [1.54, 1.807) is 13.8 Å². The van der Waals surface area contributed by atoms with Gasteiger partial charge in [-0.1, -0.05) is 0 Å². The highest BCUT2D eigenvalue weighted by Gasteiger charge is 2.22. The van der Waals surface area contributed by atoms with Gasteiger partial charge in [0, 0.05) is 12.1 Å². The van der Waals surface area contributed by atoms with Crippen LogP contribution in [0.1, 0.15) is 30.7 Å². The minimum absolute atomic E-state index is 0.0521. The summed E-state index contributed by atoms with van der Waals surface area (Å²) in [5.74, 6) is -1.75. The predicted molar refractivity (Wildman–Crippen MR) is 90.5 cm³/mol. The van der Waals surface area contributed by atoms with Crippen LogP contribution in [0.2, 0.25) is 0 Å². The molecule has 0 aliphatic rings. The first-order valence-electron chi connectivity index (χ1n) is 7.27. The number of aromatic nitrogens is 1. The van der Waals surface area contributed by atoms with E-state index in [2.05, 4.69) is 19.8 Å². The first kappa shape index (κ1) is 19.6. The number of esters is 1. The summed E-state index contributed by atoms with van der Waals surface area (Å²) in [5, 5.41) is 3.20. The molecule has 140 valence electrons. The third-order valence-electron chi connectivity index (χ3n) is 3.28. The lowest BCUT2D eigenvalue weighted by molar-refractivity contribution is -0.0511. The molecule has 7 nitrogen and oxygen atoms in total. The number of rotatable bonds is 6. The van der Waals surface area contributed by atoms with Crippen molar-refractivity contribution in [1.29, 1.82) is 0 Å². The Morgan fingerprint density at radius 1 is 1.19 bits per heavy atom. The van der Waals surface area contributed by atoms with E-state index >= 15 is 0 Å². The van der Waals surface area contributed by atoms with Gasteiger partial charge < -0.3 is 19.5 Å². The maximum atomic E-state index is 12.6. The lowest BCUT2D eigenvalue weighted by Gasteiger charge is -2.15. The smallest absolute Gasteiger partial charge is 0.387 e. The van der Waals surface area contributed by atoms with Crippen LogP contribution in [0.25, 0.3) is 0 Å². The number of nitrogens with one attached hydrogen (secondary N) is 1. The number of thiazole rings is 1. The Labute approximate surface area is 151 Å². The second-order valence-electron chi connectivity index (χ2n) is 5.02. The fraction of sp³-hybridized carbons (Fsp3) is 0.312. The van der Waals surface area contributed by atoms with Gasteiger partial charge in [0.1, 0.15) is 4.88 Å². The van der Waals surface area contributed by atoms with Crippen LogP contribution in [-0.2, 0) is 4.74 Å². The Morgan fingerprint density at radius 3 is 2.38 bits per heavy atom. The van der Waals surface area contributed by atoms with Crippen LogP contribution in [0.5, 0.6) is 11.5 Å². The number of aryl methyl sites for hydroxylation is 2. The highest BCUT2D eigenvalue weighted by atomic mass is 32.1. The second-order valence-corrected chi connectivity index (χ2v) is 6.22. The van der Waals surface area contributed by atoms with E-state index in [1.165, 1.54) is 18.4 Å². The van der Waals surface area contributed by atoms with Gasteiger partial charge in [0.05, 0.1) is 36.2 Å². The molecule has 26 heavy (non-hydrogen) atoms. The van der Waals surface area contributed by atoms with Crippen molar-refractivity contribution < 1.29 is 32.6 Å². The van der Waals surface area contributed by atoms with Gasteiger partial charge in [-0.15, -0.1) is 11.3 Å². The van der Waals surface area contributed by atoms with Crippen molar-refractivity contribution >= 4 is 28.9 Å². The Hall–Kier alpha value is -2.75. The third kappa shape index (κ3) is 4.26. The molecule has 1 N–H and O–H groups in total. The molecule has 0 aliphatic carbocycles. The highest BCUT2D eigenvalue weighted by Crippen LogP contribution is 2.35. The number of carbonyl (C=O) groups excluding carboxylic acids is 2. The van der Waals surface area contributed by atoms with E-state index in [0.29, 0.717) is 15.6 Å². The topological polar surface area (TPSA) is 86.8 Å². The molecule has 0 spiro atoms. The van der Waals surface area contributed by atoms with Gasteiger partial charge in [0.15, 0.2) is 11.5 Å². The maximum Gasteiger partial charge on any atom is 0.387 e. The third-order valence-corrected chi connectivity index (χ3v) is 4.35. The second kappa shape index (κ2) is 8.09. The lowest BCUT2D eigenvalue weighted by Crippen LogP contribution is -2.16. The van der Waals surface area contributed by atoms with Crippen LogP contribution >= 0.6 is 11.3 Å². The molecule has 10 heteroatoms. The van der Waals surface area contributed by atoms with Crippen LogP contribution in [0.4, 0.5) is 14.5 Å². The van der Waals surface area contributed by atoms with E-state index < -0.39 is 18.5 Å². The van der Waals surface area contributed by atoms with Crippen molar-refractivity contribution in [3.63, 3.8) is 0 Å². The summed E-state index contributed by atoms with van der Waals surface area (Å²) in [5.41, 5.74) is 0.393. The number of alkyl halides is 2. The predicted octanol–water partition coefficient (Wildman–Crippen LogP) is 3.41. The standard InChI is InChI=1S/C16H16F2N2O5S/c1-7-13(26-8(2)19-7)14(21)20-10-6-12(25-16(17)18)11(23-3)5-9(10)15(22)24-4/h5-6,16H,1-4H3,(H,20,21). The summed E-state index contributed by atoms with van der Waals surface area (Å²) in [6.07, 6.45) is 0. The number of nitrogens with zero attached hydrogens (tertiary/aromatic N) is 1. The van der Waals surface area contributed by atoms with E-state index in [1.807, 2.05) is 0 Å². The normalized spacial score (nSPS) is 10.6. The molecule has 2 rings (SSSR count). The highest BCUT2D eigenvalue weighted by molar-refractivity contribution is 7.13. The minimum Gasteiger partial charge on any atom is -0.493 e. The van der Waals surface area contributed by atoms with Crippen molar-refractivity contribution in [2.45, 2.75) is 20.5 Å². The number of anilines is 1. The molecule has 0 bridgehead atoms. The zero-order valence-corrected chi connectivity index (χ0v) is 15.2. The van der Waals surface area contributed by atoms with Gasteiger partial charge in [-0.3, -0.25) is 4.79 Å². The molecule has 1 heterocycles. The molecule has 0 fully saturated rings. The summed E-state index contributed by atoms with van der Waals surface area (Å²) in [4.78, 5) is 29.0. The number of halogens is 2. The molecule has 1 amide bonds. The van der Waals surface area contributed by atoms with E-state index in [4.69, 9.17) is 4.74 Å². The summed E-state index contributed by atoms with van der Waals surface area (Å²) in [6.45, 7) is 0.303. The number of ether oxygens (including phenoxy) is 3. The fourth-order valence-corrected chi connectivity index (χ4v) is 3.03. The zero-order valence-electron chi connectivity index (χ0n) is 14.4. The van der Waals surface area contributed by atoms with Gasteiger partial charge in [-0.25, -0.2) is 9.78 Å². The van der Waals surface area contributed by atoms with Crippen molar-refractivity contribution in [1.82, 2.24) is 4.98 Å². The quantitative estimate of drug-likeness (QED) is 0.766.